The maximum absolute atomic E-state index is 12.4. The summed E-state index contributed by atoms with van der Waals surface area (Å²) in [4.78, 5) is 28.2. The van der Waals surface area contributed by atoms with Crippen LogP contribution in [-0.4, -0.2) is 35.0 Å². The first kappa shape index (κ1) is 19.2. The van der Waals surface area contributed by atoms with Gasteiger partial charge in [0.2, 0.25) is 5.91 Å². The lowest BCUT2D eigenvalue weighted by molar-refractivity contribution is -0.117. The summed E-state index contributed by atoms with van der Waals surface area (Å²) in [6.07, 6.45) is 2.46. The van der Waals surface area contributed by atoms with Crippen molar-refractivity contribution in [3.8, 4) is 10.6 Å². The molecule has 140 valence electrons. The van der Waals surface area contributed by atoms with E-state index < -0.39 is 12.1 Å². The Labute approximate surface area is 165 Å². The highest BCUT2D eigenvalue weighted by atomic mass is 32.2. The molecule has 0 radical (unpaired) electrons. The highest BCUT2D eigenvalue weighted by Crippen LogP contribution is 2.30. The molecule has 1 aromatic heterocycles. The quantitative estimate of drug-likeness (QED) is 0.563. The van der Waals surface area contributed by atoms with Gasteiger partial charge in [-0.05, 0) is 54.8 Å². The highest BCUT2D eigenvalue weighted by molar-refractivity contribution is 7.98. The normalized spacial score (nSPS) is 11.9. The van der Waals surface area contributed by atoms with E-state index in [4.69, 9.17) is 5.73 Å². The van der Waals surface area contributed by atoms with E-state index in [1.54, 1.807) is 23.1 Å². The molecule has 6 nitrogen and oxygen atoms in total. The third kappa shape index (κ3) is 4.99. The van der Waals surface area contributed by atoms with E-state index in [1.165, 1.54) is 0 Å². The number of carbonyl (C=O) groups excluding carboxylic acids is 2. The van der Waals surface area contributed by atoms with Crippen LogP contribution in [0.5, 0.6) is 0 Å². The standard InChI is InChI=1S/C19H20N4O2S2/c1-26-11-10-15(23-19(20)25)17(24)21-13-8-6-12(7-9-13)18-22-14-4-2-3-5-16(14)27-18/h2-9,15H,10-11H2,1H3,(H,21,24)(H3,20,23,25)/t15-/m0/s1. The van der Waals surface area contributed by atoms with Crippen LogP contribution < -0.4 is 16.4 Å². The minimum absolute atomic E-state index is 0.282. The lowest BCUT2D eigenvalue weighted by Crippen LogP contribution is -2.46. The van der Waals surface area contributed by atoms with Crippen LogP contribution in [0.15, 0.2) is 48.5 Å². The van der Waals surface area contributed by atoms with E-state index in [0.717, 1.165) is 26.5 Å². The molecule has 2 aromatic carbocycles. The van der Waals surface area contributed by atoms with Gasteiger partial charge in [-0.1, -0.05) is 12.1 Å². The molecule has 3 rings (SSSR count). The molecule has 0 bridgehead atoms. The Morgan fingerprint density at radius 2 is 1.93 bits per heavy atom. The molecule has 0 fully saturated rings. The van der Waals surface area contributed by atoms with Crippen LogP contribution in [0.2, 0.25) is 0 Å². The van der Waals surface area contributed by atoms with Gasteiger partial charge in [0.05, 0.1) is 10.2 Å². The summed E-state index contributed by atoms with van der Waals surface area (Å²) in [6, 6.07) is 14.1. The Bertz CT molecular complexity index is 907. The monoisotopic (exact) mass is 400 g/mol. The number of hydrogen-bond acceptors (Lipinski definition) is 5. The third-order valence-electron chi connectivity index (χ3n) is 3.94. The van der Waals surface area contributed by atoms with E-state index in [9.17, 15) is 9.59 Å². The van der Waals surface area contributed by atoms with Crippen LogP contribution in [0.25, 0.3) is 20.8 Å². The number of para-hydroxylation sites is 1. The number of rotatable bonds is 7. The number of nitrogens with zero attached hydrogens (tertiary/aromatic N) is 1. The van der Waals surface area contributed by atoms with Crippen molar-refractivity contribution in [1.29, 1.82) is 0 Å². The average Bonchev–Trinajstić information content (AvgIpc) is 3.09. The molecule has 3 aromatic rings. The molecule has 3 amide bonds. The van der Waals surface area contributed by atoms with E-state index in [-0.39, 0.29) is 5.91 Å². The van der Waals surface area contributed by atoms with Crippen molar-refractivity contribution in [2.75, 3.05) is 17.3 Å². The predicted octanol–water partition coefficient (Wildman–Crippen LogP) is 3.69. The Morgan fingerprint density at radius 3 is 2.59 bits per heavy atom. The fraction of sp³-hybridized carbons (Fsp3) is 0.211. The molecule has 8 heteroatoms. The summed E-state index contributed by atoms with van der Waals surface area (Å²) in [6.45, 7) is 0. The molecule has 0 aliphatic heterocycles. The maximum Gasteiger partial charge on any atom is 0.312 e. The largest absolute Gasteiger partial charge is 0.352 e. The lowest BCUT2D eigenvalue weighted by atomic mass is 10.2. The molecular weight excluding hydrogens is 380 g/mol. The summed E-state index contributed by atoms with van der Waals surface area (Å²) in [5.74, 6) is 0.463. The number of carbonyl (C=O) groups is 2. The molecule has 0 aliphatic rings. The Morgan fingerprint density at radius 1 is 1.19 bits per heavy atom. The molecule has 1 atom stereocenters. The topological polar surface area (TPSA) is 97.1 Å². The van der Waals surface area contributed by atoms with E-state index >= 15 is 0 Å². The van der Waals surface area contributed by atoms with Crippen molar-refractivity contribution >= 4 is 50.9 Å². The Balaban J connectivity index is 1.70. The maximum atomic E-state index is 12.4. The van der Waals surface area contributed by atoms with Gasteiger partial charge < -0.3 is 16.4 Å². The summed E-state index contributed by atoms with van der Waals surface area (Å²) in [7, 11) is 0. The zero-order valence-electron chi connectivity index (χ0n) is 14.8. The van der Waals surface area contributed by atoms with Gasteiger partial charge >= 0.3 is 6.03 Å². The number of benzene rings is 2. The van der Waals surface area contributed by atoms with Crippen LogP contribution >= 0.6 is 23.1 Å². The molecule has 4 N–H and O–H groups in total. The first-order chi connectivity index (χ1) is 13.1. The van der Waals surface area contributed by atoms with Crippen molar-refractivity contribution in [3.63, 3.8) is 0 Å². The van der Waals surface area contributed by atoms with Crippen molar-refractivity contribution in [3.05, 3.63) is 48.5 Å². The molecule has 1 heterocycles. The Kier molecular flexibility index (Phi) is 6.31. The van der Waals surface area contributed by atoms with Gasteiger partial charge in [0.15, 0.2) is 0 Å². The zero-order chi connectivity index (χ0) is 19.2. The summed E-state index contributed by atoms with van der Waals surface area (Å²) in [5, 5.41) is 6.25. The molecule has 0 unspecified atom stereocenters. The lowest BCUT2D eigenvalue weighted by Gasteiger charge is -2.17. The number of urea groups is 1. The molecule has 0 saturated carbocycles. The van der Waals surface area contributed by atoms with Crippen molar-refractivity contribution in [2.45, 2.75) is 12.5 Å². The van der Waals surface area contributed by atoms with Crippen molar-refractivity contribution in [1.82, 2.24) is 10.3 Å². The van der Waals surface area contributed by atoms with Gasteiger partial charge in [-0.15, -0.1) is 11.3 Å². The number of nitrogens with two attached hydrogens (primary N) is 1. The number of anilines is 1. The Hall–Kier alpha value is -2.58. The van der Waals surface area contributed by atoms with Crippen molar-refractivity contribution in [2.24, 2.45) is 5.73 Å². The fourth-order valence-corrected chi connectivity index (χ4v) is 4.04. The molecule has 0 spiro atoms. The second-order valence-electron chi connectivity index (χ2n) is 5.90. The third-order valence-corrected chi connectivity index (χ3v) is 5.67. The number of fused-ring (bicyclic) bond motifs is 1. The number of amides is 3. The smallest absolute Gasteiger partial charge is 0.312 e. The number of hydrogen-bond donors (Lipinski definition) is 3. The van der Waals surface area contributed by atoms with Gasteiger partial charge in [0, 0.05) is 11.3 Å². The summed E-state index contributed by atoms with van der Waals surface area (Å²) < 4.78 is 1.14. The van der Waals surface area contributed by atoms with E-state index in [1.807, 2.05) is 54.8 Å². The number of primary amides is 1. The average molecular weight is 401 g/mol. The van der Waals surface area contributed by atoms with Gasteiger partial charge in [0.1, 0.15) is 11.0 Å². The predicted molar refractivity (Wildman–Crippen MR) is 113 cm³/mol. The molecule has 0 aliphatic carbocycles. The van der Waals surface area contributed by atoms with Crippen molar-refractivity contribution < 1.29 is 9.59 Å². The molecule has 0 saturated heterocycles. The highest BCUT2D eigenvalue weighted by Gasteiger charge is 2.19. The second-order valence-corrected chi connectivity index (χ2v) is 7.91. The van der Waals surface area contributed by atoms with Crippen LogP contribution in [0, 0.1) is 0 Å². The van der Waals surface area contributed by atoms with Gasteiger partial charge in [-0.2, -0.15) is 11.8 Å². The van der Waals surface area contributed by atoms with E-state index in [2.05, 4.69) is 15.6 Å². The number of aromatic nitrogens is 1. The first-order valence-electron chi connectivity index (χ1n) is 8.38. The first-order valence-corrected chi connectivity index (χ1v) is 10.6. The summed E-state index contributed by atoms with van der Waals surface area (Å²) >= 11 is 3.23. The summed E-state index contributed by atoms with van der Waals surface area (Å²) in [5.41, 5.74) is 7.79. The van der Waals surface area contributed by atoms with Gasteiger partial charge in [-0.25, -0.2) is 9.78 Å². The second kappa shape index (κ2) is 8.88. The SMILES string of the molecule is CSCC[C@H](NC(N)=O)C(=O)Nc1ccc(-c2nc3ccccc3s2)cc1. The van der Waals surface area contributed by atoms with Gasteiger partial charge in [-0.3, -0.25) is 4.79 Å². The fourth-order valence-electron chi connectivity index (χ4n) is 2.60. The molecule has 27 heavy (non-hydrogen) atoms. The van der Waals surface area contributed by atoms with Crippen LogP contribution in [-0.2, 0) is 4.79 Å². The van der Waals surface area contributed by atoms with Crippen LogP contribution in [0.3, 0.4) is 0 Å². The minimum atomic E-state index is -0.706. The van der Waals surface area contributed by atoms with Gasteiger partial charge in [0.25, 0.3) is 0 Å². The van der Waals surface area contributed by atoms with Crippen LogP contribution in [0.1, 0.15) is 6.42 Å². The number of nitrogens with one attached hydrogen (secondary N) is 2. The van der Waals surface area contributed by atoms with E-state index in [0.29, 0.717) is 12.1 Å². The molecular formula is C19H20N4O2S2. The minimum Gasteiger partial charge on any atom is -0.352 e. The number of thioether (sulfide) groups is 1. The number of thiazole rings is 1. The zero-order valence-corrected chi connectivity index (χ0v) is 16.4. The van der Waals surface area contributed by atoms with Crippen LogP contribution in [0.4, 0.5) is 10.5 Å².